The third-order valence-electron chi connectivity index (χ3n) is 4.42. The summed E-state index contributed by atoms with van der Waals surface area (Å²) in [5.41, 5.74) is 0.565. The maximum atomic E-state index is 13.0. The molecule has 7 nitrogen and oxygen atoms in total. The number of benzene rings is 2. The molecule has 1 saturated heterocycles. The molecule has 1 aliphatic heterocycles. The van der Waals surface area contributed by atoms with E-state index in [9.17, 15) is 13.2 Å². The Bertz CT molecular complexity index is 1010. The Morgan fingerprint density at radius 3 is 2.59 bits per heavy atom. The van der Waals surface area contributed by atoms with E-state index in [-0.39, 0.29) is 16.5 Å². The Balaban J connectivity index is 1.95. The fourth-order valence-corrected chi connectivity index (χ4v) is 4.75. The van der Waals surface area contributed by atoms with Gasteiger partial charge < -0.3 is 14.4 Å². The summed E-state index contributed by atoms with van der Waals surface area (Å²) in [4.78, 5) is 15.3. The van der Waals surface area contributed by atoms with Gasteiger partial charge in [0.2, 0.25) is 0 Å². The van der Waals surface area contributed by atoms with Gasteiger partial charge in [-0.3, -0.25) is 9.52 Å². The Morgan fingerprint density at radius 1 is 1.21 bits per heavy atom. The molecule has 0 bridgehead atoms. The second-order valence-electron chi connectivity index (χ2n) is 6.22. The zero-order valence-electron chi connectivity index (χ0n) is 16.0. The lowest BCUT2D eigenvalue weighted by atomic mass is 10.2. The summed E-state index contributed by atoms with van der Waals surface area (Å²) < 4.78 is 38.9. The number of carbonyl (C=O) groups is 1. The van der Waals surface area contributed by atoms with Crippen molar-refractivity contribution in [3.05, 3.63) is 47.0 Å². The van der Waals surface area contributed by atoms with Crippen LogP contribution in [0.15, 0.2) is 46.2 Å². The minimum Gasteiger partial charge on any atom is -0.495 e. The van der Waals surface area contributed by atoms with Crippen LogP contribution in [-0.4, -0.2) is 58.9 Å². The molecule has 1 aliphatic rings. The van der Waals surface area contributed by atoms with Gasteiger partial charge in [0.15, 0.2) is 0 Å². The fourth-order valence-electron chi connectivity index (χ4n) is 2.92. The molecule has 0 radical (unpaired) electrons. The normalized spacial score (nSPS) is 14.5. The number of hydrogen-bond acceptors (Lipinski definition) is 6. The van der Waals surface area contributed by atoms with Crippen LogP contribution in [0.1, 0.15) is 10.4 Å². The third kappa shape index (κ3) is 4.98. The number of nitrogens with one attached hydrogen (secondary N) is 1. The highest BCUT2D eigenvalue weighted by Crippen LogP contribution is 2.31. The molecule has 0 unspecified atom stereocenters. The number of morpholine rings is 1. The molecular formula is C19H21ClN2O5S2. The molecule has 3 rings (SSSR count). The summed E-state index contributed by atoms with van der Waals surface area (Å²) in [6, 6.07) is 9.16. The summed E-state index contributed by atoms with van der Waals surface area (Å²) >= 11 is 7.38. The van der Waals surface area contributed by atoms with Crippen LogP contribution < -0.4 is 9.46 Å². The van der Waals surface area contributed by atoms with E-state index in [0.29, 0.717) is 47.5 Å². The summed E-state index contributed by atoms with van der Waals surface area (Å²) in [6.07, 6.45) is 1.84. The van der Waals surface area contributed by atoms with Crippen LogP contribution >= 0.6 is 23.4 Å². The standard InChI is InChI=1S/C19H21ClN2O5S2/c1-26-17-5-3-13(20)11-16(17)21-29(24,25)14-4-6-18(28-2)15(12-14)19(23)22-7-9-27-10-8-22/h3-6,11-12,21H,7-10H2,1-2H3. The Kier molecular flexibility index (Phi) is 6.94. The van der Waals surface area contributed by atoms with Crippen LogP contribution in [0.2, 0.25) is 5.02 Å². The third-order valence-corrected chi connectivity index (χ3v) is 6.81. The van der Waals surface area contributed by atoms with Gasteiger partial charge in [-0.05, 0) is 42.7 Å². The highest BCUT2D eigenvalue weighted by atomic mass is 35.5. The average molecular weight is 457 g/mol. The van der Waals surface area contributed by atoms with Crippen LogP contribution in [0, 0.1) is 0 Å². The van der Waals surface area contributed by atoms with Gasteiger partial charge in [-0.25, -0.2) is 8.42 Å². The molecule has 10 heteroatoms. The van der Waals surface area contributed by atoms with Gasteiger partial charge in [-0.1, -0.05) is 11.6 Å². The van der Waals surface area contributed by atoms with E-state index in [0.717, 1.165) is 0 Å². The molecule has 0 aromatic heterocycles. The largest absolute Gasteiger partial charge is 0.495 e. The van der Waals surface area contributed by atoms with Crippen molar-refractivity contribution < 1.29 is 22.7 Å². The topological polar surface area (TPSA) is 84.9 Å². The van der Waals surface area contributed by atoms with Crippen LogP contribution in [-0.2, 0) is 14.8 Å². The van der Waals surface area contributed by atoms with Gasteiger partial charge in [0.25, 0.3) is 15.9 Å². The van der Waals surface area contributed by atoms with Crippen molar-refractivity contribution in [2.75, 3.05) is 44.4 Å². The summed E-state index contributed by atoms with van der Waals surface area (Å²) in [7, 11) is -2.53. The lowest BCUT2D eigenvalue weighted by molar-refractivity contribution is 0.0300. The van der Waals surface area contributed by atoms with Gasteiger partial charge in [-0.2, -0.15) is 0 Å². The first-order valence-electron chi connectivity index (χ1n) is 8.77. The van der Waals surface area contributed by atoms with Gasteiger partial charge in [-0.15, -0.1) is 11.8 Å². The van der Waals surface area contributed by atoms with Crippen LogP contribution in [0.5, 0.6) is 5.75 Å². The second kappa shape index (κ2) is 9.25. The predicted molar refractivity (Wildman–Crippen MR) is 114 cm³/mol. The molecular weight excluding hydrogens is 436 g/mol. The van der Waals surface area contributed by atoms with Crippen molar-refractivity contribution in [2.24, 2.45) is 0 Å². The SMILES string of the molecule is COc1ccc(Cl)cc1NS(=O)(=O)c1ccc(SC)c(C(=O)N2CCOCC2)c1. The maximum Gasteiger partial charge on any atom is 0.262 e. The van der Waals surface area contributed by atoms with Crippen LogP contribution in [0.4, 0.5) is 5.69 Å². The summed E-state index contributed by atoms with van der Waals surface area (Å²) in [6.45, 7) is 1.88. The van der Waals surface area contributed by atoms with Crippen molar-refractivity contribution >= 4 is 45.0 Å². The number of thioether (sulfide) groups is 1. The molecule has 1 amide bonds. The minimum atomic E-state index is -3.97. The lowest BCUT2D eigenvalue weighted by Gasteiger charge is -2.27. The number of rotatable bonds is 6. The molecule has 1 heterocycles. The smallest absolute Gasteiger partial charge is 0.262 e. The zero-order valence-corrected chi connectivity index (χ0v) is 18.4. The van der Waals surface area contributed by atoms with E-state index in [4.69, 9.17) is 21.1 Å². The number of ether oxygens (including phenoxy) is 2. The van der Waals surface area contributed by atoms with Gasteiger partial charge in [0.05, 0.1) is 36.5 Å². The van der Waals surface area contributed by atoms with E-state index in [2.05, 4.69) is 4.72 Å². The van der Waals surface area contributed by atoms with Crippen molar-refractivity contribution in [3.8, 4) is 5.75 Å². The minimum absolute atomic E-state index is 0.0195. The molecule has 0 spiro atoms. The lowest BCUT2D eigenvalue weighted by Crippen LogP contribution is -2.41. The number of nitrogens with zero attached hydrogens (tertiary/aromatic N) is 1. The highest BCUT2D eigenvalue weighted by Gasteiger charge is 2.24. The van der Waals surface area contributed by atoms with E-state index in [1.807, 2.05) is 6.26 Å². The van der Waals surface area contributed by atoms with Gasteiger partial charge >= 0.3 is 0 Å². The number of anilines is 1. The maximum absolute atomic E-state index is 13.0. The number of amides is 1. The number of carbonyl (C=O) groups excluding carboxylic acids is 1. The van der Waals surface area contributed by atoms with Crippen molar-refractivity contribution in [3.63, 3.8) is 0 Å². The monoisotopic (exact) mass is 456 g/mol. The van der Waals surface area contributed by atoms with Crippen molar-refractivity contribution in [2.45, 2.75) is 9.79 Å². The first kappa shape index (κ1) is 21.8. The number of hydrogen-bond donors (Lipinski definition) is 1. The predicted octanol–water partition coefficient (Wildman–Crippen LogP) is 3.34. The second-order valence-corrected chi connectivity index (χ2v) is 9.18. The van der Waals surface area contributed by atoms with Crippen molar-refractivity contribution in [1.29, 1.82) is 0 Å². The van der Waals surface area contributed by atoms with Gasteiger partial charge in [0, 0.05) is 23.0 Å². The molecule has 1 fully saturated rings. The Morgan fingerprint density at radius 2 is 1.93 bits per heavy atom. The van der Waals surface area contributed by atoms with Crippen molar-refractivity contribution in [1.82, 2.24) is 4.90 Å². The number of halogens is 1. The number of methoxy groups -OCH3 is 1. The van der Waals surface area contributed by atoms with E-state index >= 15 is 0 Å². The molecule has 2 aromatic rings. The fraction of sp³-hybridized carbons (Fsp3) is 0.316. The quantitative estimate of drug-likeness (QED) is 0.671. The van der Waals surface area contributed by atoms with Crippen LogP contribution in [0.25, 0.3) is 0 Å². The van der Waals surface area contributed by atoms with Gasteiger partial charge in [0.1, 0.15) is 5.75 Å². The molecule has 29 heavy (non-hydrogen) atoms. The summed E-state index contributed by atoms with van der Waals surface area (Å²) in [5, 5.41) is 0.365. The first-order valence-corrected chi connectivity index (χ1v) is 11.9. The molecule has 1 N–H and O–H groups in total. The molecule has 0 saturated carbocycles. The molecule has 156 valence electrons. The first-order chi connectivity index (χ1) is 13.9. The molecule has 2 aromatic carbocycles. The highest BCUT2D eigenvalue weighted by molar-refractivity contribution is 7.98. The Labute approximate surface area is 179 Å². The zero-order chi connectivity index (χ0) is 21.0. The van der Waals surface area contributed by atoms with E-state index in [1.54, 1.807) is 23.1 Å². The van der Waals surface area contributed by atoms with Crippen LogP contribution in [0.3, 0.4) is 0 Å². The summed E-state index contributed by atoms with van der Waals surface area (Å²) in [5.74, 6) is 0.123. The Hall–Kier alpha value is -1.94. The molecule has 0 aliphatic carbocycles. The van der Waals surface area contributed by atoms with E-state index < -0.39 is 10.0 Å². The molecule has 0 atom stereocenters. The number of sulfonamides is 1. The van der Waals surface area contributed by atoms with E-state index in [1.165, 1.54) is 37.1 Å². The average Bonchev–Trinajstić information content (AvgIpc) is 2.73.